The molecular formula is C36H30Br4F6O4S2. The fourth-order valence-corrected chi connectivity index (χ4v) is 10.6. The van der Waals surface area contributed by atoms with Crippen LogP contribution < -0.4 is 0 Å². The maximum atomic E-state index is 13.0. The monoisotopic (exact) mass is 1020 g/mol. The Labute approximate surface area is 335 Å². The van der Waals surface area contributed by atoms with E-state index in [1.807, 2.05) is 36.4 Å². The molecular weight excluding hydrogens is 994 g/mol. The van der Waals surface area contributed by atoms with E-state index < -0.39 is 44.7 Å². The summed E-state index contributed by atoms with van der Waals surface area (Å²) in [6.45, 7) is 0.812. The molecule has 2 fully saturated rings. The van der Waals surface area contributed by atoms with Gasteiger partial charge in [0.15, 0.2) is 9.84 Å². The summed E-state index contributed by atoms with van der Waals surface area (Å²) in [5, 5.41) is -0.598. The van der Waals surface area contributed by atoms with Gasteiger partial charge in [-0.3, -0.25) is 0 Å². The van der Waals surface area contributed by atoms with Crippen LogP contribution in [0.2, 0.25) is 0 Å². The second-order valence-corrected chi connectivity index (χ2v) is 19.2. The van der Waals surface area contributed by atoms with Gasteiger partial charge < -0.3 is 9.47 Å². The Kier molecular flexibility index (Phi) is 14.1. The van der Waals surface area contributed by atoms with E-state index in [4.69, 9.17) is 9.47 Å². The zero-order chi connectivity index (χ0) is 37.8. The Morgan fingerprint density at radius 1 is 0.635 bits per heavy atom. The molecule has 2 aliphatic rings. The number of thioether (sulfide) groups is 1. The van der Waals surface area contributed by atoms with Crippen LogP contribution in [0.1, 0.15) is 60.1 Å². The van der Waals surface area contributed by atoms with Crippen LogP contribution in [0.25, 0.3) is 0 Å². The van der Waals surface area contributed by atoms with Crippen LogP contribution in [0.3, 0.4) is 0 Å². The molecule has 2 heterocycles. The van der Waals surface area contributed by atoms with Gasteiger partial charge in [-0.05, 0) is 110 Å². The molecule has 2 aliphatic heterocycles. The zero-order valence-electron chi connectivity index (χ0n) is 26.9. The van der Waals surface area contributed by atoms with Gasteiger partial charge in [-0.2, -0.15) is 26.3 Å². The van der Waals surface area contributed by atoms with E-state index in [0.29, 0.717) is 17.6 Å². The highest BCUT2D eigenvalue weighted by Crippen LogP contribution is 2.42. The molecule has 52 heavy (non-hydrogen) atoms. The van der Waals surface area contributed by atoms with Crippen LogP contribution in [-0.4, -0.2) is 32.1 Å². The van der Waals surface area contributed by atoms with Crippen LogP contribution in [0, 0.1) is 0 Å². The Bertz CT molecular complexity index is 1980. The van der Waals surface area contributed by atoms with Crippen molar-refractivity contribution in [2.75, 3.05) is 13.2 Å². The smallest absolute Gasteiger partial charge is 0.373 e. The van der Waals surface area contributed by atoms with Gasteiger partial charge in [0.05, 0.1) is 33.5 Å². The Balaban J connectivity index is 0.000000202. The largest absolute Gasteiger partial charge is 0.416 e. The summed E-state index contributed by atoms with van der Waals surface area (Å²) in [6, 6.07) is 20.9. The van der Waals surface area contributed by atoms with Crippen LogP contribution in [0.5, 0.6) is 0 Å². The number of sulfone groups is 1. The maximum absolute atomic E-state index is 13.0. The number of rotatable bonds is 6. The minimum absolute atomic E-state index is 0.0658. The van der Waals surface area contributed by atoms with Crippen molar-refractivity contribution in [2.45, 2.75) is 70.5 Å². The number of ether oxygens (including phenoxy) is 2. The van der Waals surface area contributed by atoms with E-state index in [0.717, 1.165) is 60.1 Å². The lowest BCUT2D eigenvalue weighted by Gasteiger charge is -2.30. The lowest BCUT2D eigenvalue weighted by Crippen LogP contribution is -2.31. The van der Waals surface area contributed by atoms with Crippen LogP contribution in [0.4, 0.5) is 26.3 Å². The molecule has 4 nitrogen and oxygen atoms in total. The third kappa shape index (κ3) is 10.9. The standard InChI is InChI=1S/C18H15Br2F3O3S.C18H15Br2F3OS/c19-12-4-5-16(20)15(9-12)17-10-14(6-7-26-17)27(24,25)13-3-1-2-11(8-13)18(21,22)23;19-12-4-5-16(20)15(9-12)17-10-14(6-7-24-17)25-13-3-1-2-11(8-13)18(21,22)23/h1-5,8-9,14,17H,6-7,10H2;1-5,8-9,14,17H,6-7,10H2. The van der Waals surface area contributed by atoms with Crippen molar-refractivity contribution in [2.24, 2.45) is 0 Å². The molecule has 6 rings (SSSR count). The van der Waals surface area contributed by atoms with E-state index in [2.05, 4.69) is 63.7 Å². The molecule has 0 aliphatic carbocycles. The normalized spacial score (nSPS) is 21.3. The average molecular weight is 1020 g/mol. The molecule has 0 aromatic heterocycles. The first-order valence-corrected chi connectivity index (χ1v) is 21.4. The number of halogens is 10. The van der Waals surface area contributed by atoms with Gasteiger partial charge in [-0.15, -0.1) is 11.8 Å². The fourth-order valence-electron chi connectivity index (χ4n) is 5.86. The lowest BCUT2D eigenvalue weighted by atomic mass is 10.0. The molecule has 0 radical (unpaired) electrons. The number of hydrogen-bond donors (Lipinski definition) is 0. The number of benzene rings is 4. The minimum atomic E-state index is -4.59. The second kappa shape index (κ2) is 17.6. The van der Waals surface area contributed by atoms with Crippen molar-refractivity contribution >= 4 is 85.3 Å². The van der Waals surface area contributed by atoms with Gasteiger partial charge in [-0.25, -0.2) is 8.42 Å². The first-order chi connectivity index (χ1) is 24.4. The first kappa shape index (κ1) is 41.8. The highest BCUT2D eigenvalue weighted by atomic mass is 79.9. The van der Waals surface area contributed by atoms with Crippen molar-refractivity contribution < 1.29 is 44.2 Å². The first-order valence-electron chi connectivity index (χ1n) is 15.8. The molecule has 0 spiro atoms. The highest BCUT2D eigenvalue weighted by molar-refractivity contribution is 9.11. The zero-order valence-corrected chi connectivity index (χ0v) is 34.8. The van der Waals surface area contributed by atoms with Crippen LogP contribution >= 0.6 is 75.5 Å². The van der Waals surface area contributed by atoms with Crippen LogP contribution in [-0.2, 0) is 31.7 Å². The number of hydrogen-bond acceptors (Lipinski definition) is 5. The topological polar surface area (TPSA) is 52.6 Å². The molecule has 0 N–H and O–H groups in total. The Morgan fingerprint density at radius 2 is 1.15 bits per heavy atom. The highest BCUT2D eigenvalue weighted by Gasteiger charge is 2.37. The van der Waals surface area contributed by atoms with Crippen molar-refractivity contribution in [3.05, 3.63) is 125 Å². The van der Waals surface area contributed by atoms with Crippen molar-refractivity contribution in [1.29, 1.82) is 0 Å². The summed E-state index contributed by atoms with van der Waals surface area (Å²) in [7, 11) is -3.92. The molecule has 0 amide bonds. The lowest BCUT2D eigenvalue weighted by molar-refractivity contribution is -0.138. The van der Waals surface area contributed by atoms with Gasteiger partial charge in [0.1, 0.15) is 0 Å². The van der Waals surface area contributed by atoms with Crippen molar-refractivity contribution in [1.82, 2.24) is 0 Å². The molecule has 0 bridgehead atoms. The molecule has 0 saturated carbocycles. The van der Waals surface area contributed by atoms with Crippen LogP contribution in [0.15, 0.2) is 113 Å². The summed E-state index contributed by atoms with van der Waals surface area (Å²) in [5.74, 6) is 0. The van der Waals surface area contributed by atoms with Gasteiger partial charge in [0.25, 0.3) is 0 Å². The molecule has 4 atom stereocenters. The molecule has 16 heteroatoms. The van der Waals surface area contributed by atoms with Gasteiger partial charge in [0.2, 0.25) is 0 Å². The van der Waals surface area contributed by atoms with Gasteiger partial charge >= 0.3 is 12.4 Å². The summed E-state index contributed by atoms with van der Waals surface area (Å²) in [5.41, 5.74) is 0.287. The van der Waals surface area contributed by atoms with E-state index in [1.165, 1.54) is 30.0 Å². The minimum Gasteiger partial charge on any atom is -0.373 e. The molecule has 4 aromatic carbocycles. The molecule has 4 aromatic rings. The summed E-state index contributed by atoms with van der Waals surface area (Å²) >= 11 is 15.3. The molecule has 4 unspecified atom stereocenters. The van der Waals surface area contributed by atoms with Crippen molar-refractivity contribution in [3.63, 3.8) is 0 Å². The van der Waals surface area contributed by atoms with Gasteiger partial charge in [-0.1, -0.05) is 75.9 Å². The van der Waals surface area contributed by atoms with E-state index >= 15 is 0 Å². The summed E-state index contributed by atoms with van der Waals surface area (Å²) in [4.78, 5) is 0.338. The predicted octanol–water partition coefficient (Wildman–Crippen LogP) is 13.2. The Morgan fingerprint density at radius 3 is 1.73 bits per heavy atom. The third-order valence-electron chi connectivity index (χ3n) is 8.47. The van der Waals surface area contributed by atoms with E-state index in [1.54, 1.807) is 6.07 Å². The predicted molar refractivity (Wildman–Crippen MR) is 203 cm³/mol. The maximum Gasteiger partial charge on any atom is 0.416 e. The fraction of sp³-hybridized carbons (Fsp3) is 0.333. The van der Waals surface area contributed by atoms with E-state index in [-0.39, 0.29) is 35.7 Å². The molecule has 2 saturated heterocycles. The molecule has 280 valence electrons. The third-order valence-corrected chi connectivity index (χ3v) is 14.4. The Hall–Kier alpha value is -1.40. The summed E-state index contributed by atoms with van der Waals surface area (Å²) < 4.78 is 119. The quantitative estimate of drug-likeness (QED) is 0.180. The average Bonchev–Trinajstić information content (AvgIpc) is 3.10. The second-order valence-electron chi connectivity index (χ2n) is 12.1. The van der Waals surface area contributed by atoms with Crippen molar-refractivity contribution in [3.8, 4) is 0 Å². The van der Waals surface area contributed by atoms with Gasteiger partial charge in [0, 0.05) is 41.3 Å². The SMILES string of the molecule is FC(F)(F)c1cccc(SC2CCOC(c3cc(Br)ccc3Br)C2)c1.O=S(=O)(c1cccc(C(F)(F)F)c1)C1CCOC(c2cc(Br)ccc2Br)C1. The van der Waals surface area contributed by atoms with E-state index in [9.17, 15) is 34.8 Å². The summed E-state index contributed by atoms with van der Waals surface area (Å²) in [6.07, 6.45) is -7.44. The number of alkyl halides is 6.